The first-order valence-corrected chi connectivity index (χ1v) is 11.1. The van der Waals surface area contributed by atoms with Gasteiger partial charge in [0.25, 0.3) is 5.91 Å². The lowest BCUT2D eigenvalue weighted by Crippen LogP contribution is -2.37. The predicted octanol–water partition coefficient (Wildman–Crippen LogP) is 3.83. The summed E-state index contributed by atoms with van der Waals surface area (Å²) < 4.78 is 10.8. The maximum atomic E-state index is 13.0. The van der Waals surface area contributed by atoms with E-state index in [1.165, 1.54) is 0 Å². The summed E-state index contributed by atoms with van der Waals surface area (Å²) in [5, 5.41) is 3.32. The van der Waals surface area contributed by atoms with Gasteiger partial charge in [-0.15, -0.1) is 0 Å². The molecule has 3 rings (SSSR count). The van der Waals surface area contributed by atoms with Crippen molar-refractivity contribution in [2.45, 2.75) is 39.3 Å². The van der Waals surface area contributed by atoms with Crippen molar-refractivity contribution < 1.29 is 19.1 Å². The van der Waals surface area contributed by atoms with E-state index in [0.717, 1.165) is 23.5 Å². The molecule has 0 bridgehead atoms. The number of nitrogens with zero attached hydrogens (tertiary/aromatic N) is 2. The quantitative estimate of drug-likeness (QED) is 0.549. The van der Waals surface area contributed by atoms with E-state index < -0.39 is 6.04 Å². The number of ether oxygens (including phenoxy) is 2. The molecule has 0 radical (unpaired) electrons. The number of carbonyl (C=O) groups is 2. The Kier molecular flexibility index (Phi) is 8.05. The van der Waals surface area contributed by atoms with Gasteiger partial charge >= 0.3 is 0 Å². The molecule has 0 unspecified atom stereocenters. The van der Waals surface area contributed by atoms with Crippen LogP contribution in [0.3, 0.4) is 0 Å². The van der Waals surface area contributed by atoms with Crippen LogP contribution in [0, 0.1) is 0 Å². The van der Waals surface area contributed by atoms with Crippen LogP contribution in [0.15, 0.2) is 48.5 Å². The zero-order chi connectivity index (χ0) is 23.1. The zero-order valence-electron chi connectivity index (χ0n) is 18.7. The van der Waals surface area contributed by atoms with Crippen molar-refractivity contribution in [2.75, 3.05) is 25.6 Å². The average Bonchev–Trinajstić information content (AvgIpc) is 3.02. The first-order chi connectivity index (χ1) is 15.5. The SMILES string of the molecule is CCCOc1ccc(NC(=O)C[C@H]2C(=O)N(CC)C(=S)N2Cc2ccc(OC)cc2)cc1. The number of likely N-dealkylation sites (N-methyl/N-ethyl adjacent to an activating group) is 1. The number of thiocarbonyl (C=S) groups is 1. The van der Waals surface area contributed by atoms with Crippen LogP contribution in [-0.4, -0.2) is 53.0 Å². The van der Waals surface area contributed by atoms with E-state index in [2.05, 4.69) is 5.32 Å². The van der Waals surface area contributed by atoms with Crippen molar-refractivity contribution in [3.8, 4) is 11.5 Å². The van der Waals surface area contributed by atoms with E-state index in [-0.39, 0.29) is 18.2 Å². The lowest BCUT2D eigenvalue weighted by Gasteiger charge is -2.24. The van der Waals surface area contributed by atoms with E-state index in [4.69, 9.17) is 21.7 Å². The summed E-state index contributed by atoms with van der Waals surface area (Å²) in [5.74, 6) is 1.12. The number of carbonyl (C=O) groups excluding carboxylic acids is 2. The molecule has 1 atom stereocenters. The highest BCUT2D eigenvalue weighted by atomic mass is 32.1. The molecule has 1 aliphatic rings. The molecule has 170 valence electrons. The van der Waals surface area contributed by atoms with Crippen LogP contribution in [0.1, 0.15) is 32.3 Å². The maximum Gasteiger partial charge on any atom is 0.252 e. The maximum absolute atomic E-state index is 13.0. The van der Waals surface area contributed by atoms with Crippen LogP contribution in [0.2, 0.25) is 0 Å². The highest BCUT2D eigenvalue weighted by Crippen LogP contribution is 2.25. The molecule has 0 saturated carbocycles. The molecular formula is C24H29N3O4S. The van der Waals surface area contributed by atoms with Gasteiger partial charge in [-0.25, -0.2) is 0 Å². The largest absolute Gasteiger partial charge is 0.497 e. The summed E-state index contributed by atoms with van der Waals surface area (Å²) in [4.78, 5) is 29.1. The van der Waals surface area contributed by atoms with E-state index in [0.29, 0.717) is 30.5 Å². The molecule has 0 aromatic heterocycles. The normalized spacial score (nSPS) is 15.8. The Morgan fingerprint density at radius 3 is 2.31 bits per heavy atom. The van der Waals surface area contributed by atoms with Gasteiger partial charge in [-0.05, 0) is 67.5 Å². The highest BCUT2D eigenvalue weighted by Gasteiger charge is 2.42. The van der Waals surface area contributed by atoms with Crippen LogP contribution in [0.25, 0.3) is 0 Å². The van der Waals surface area contributed by atoms with Gasteiger partial charge in [-0.1, -0.05) is 19.1 Å². The Bertz CT molecular complexity index is 947. The summed E-state index contributed by atoms with van der Waals surface area (Å²) in [6.07, 6.45) is 0.942. The number of amides is 2. The van der Waals surface area contributed by atoms with E-state index in [1.54, 1.807) is 24.1 Å². The molecule has 1 N–H and O–H groups in total. The fourth-order valence-corrected chi connectivity index (χ4v) is 3.94. The van der Waals surface area contributed by atoms with Gasteiger partial charge in [0.2, 0.25) is 5.91 Å². The molecule has 2 aromatic carbocycles. The molecule has 1 heterocycles. The third-order valence-corrected chi connectivity index (χ3v) is 5.68. The van der Waals surface area contributed by atoms with Crippen molar-refractivity contribution in [2.24, 2.45) is 0 Å². The second-order valence-electron chi connectivity index (χ2n) is 7.48. The smallest absolute Gasteiger partial charge is 0.252 e. The second-order valence-corrected chi connectivity index (χ2v) is 7.85. The lowest BCUT2D eigenvalue weighted by atomic mass is 10.1. The molecule has 1 aliphatic heterocycles. The Balaban J connectivity index is 1.68. The number of anilines is 1. The van der Waals surface area contributed by atoms with Crippen molar-refractivity contribution in [3.63, 3.8) is 0 Å². The van der Waals surface area contributed by atoms with E-state index in [1.807, 2.05) is 55.1 Å². The van der Waals surface area contributed by atoms with Crippen LogP contribution in [0.4, 0.5) is 5.69 Å². The zero-order valence-corrected chi connectivity index (χ0v) is 19.5. The number of hydrogen-bond acceptors (Lipinski definition) is 5. The number of benzene rings is 2. The van der Waals surface area contributed by atoms with Crippen molar-refractivity contribution >= 4 is 34.8 Å². The molecule has 32 heavy (non-hydrogen) atoms. The average molecular weight is 456 g/mol. The van der Waals surface area contributed by atoms with Crippen LogP contribution in [0.5, 0.6) is 11.5 Å². The Morgan fingerprint density at radius 1 is 1.06 bits per heavy atom. The van der Waals surface area contributed by atoms with Gasteiger partial charge in [-0.3, -0.25) is 14.5 Å². The van der Waals surface area contributed by atoms with E-state index in [9.17, 15) is 9.59 Å². The second kappa shape index (κ2) is 10.9. The fourth-order valence-electron chi connectivity index (χ4n) is 3.53. The number of rotatable bonds is 10. The number of nitrogens with one attached hydrogen (secondary N) is 1. The van der Waals surface area contributed by atoms with Crippen LogP contribution >= 0.6 is 12.2 Å². The lowest BCUT2D eigenvalue weighted by molar-refractivity contribution is -0.130. The molecule has 2 aromatic rings. The molecule has 8 heteroatoms. The molecule has 1 fully saturated rings. The summed E-state index contributed by atoms with van der Waals surface area (Å²) in [6.45, 7) is 5.47. The monoisotopic (exact) mass is 455 g/mol. The Hall–Kier alpha value is -3.13. The Labute approximate surface area is 194 Å². The topological polar surface area (TPSA) is 71.1 Å². The fraction of sp³-hybridized carbons (Fsp3) is 0.375. The summed E-state index contributed by atoms with van der Waals surface area (Å²) in [6, 6.07) is 14.2. The van der Waals surface area contributed by atoms with Crippen LogP contribution in [-0.2, 0) is 16.1 Å². The molecule has 7 nitrogen and oxygen atoms in total. The van der Waals surface area contributed by atoms with Crippen molar-refractivity contribution in [1.82, 2.24) is 9.80 Å². The summed E-state index contributed by atoms with van der Waals surface area (Å²) in [7, 11) is 1.61. The first-order valence-electron chi connectivity index (χ1n) is 10.7. The molecule has 1 saturated heterocycles. The third kappa shape index (κ3) is 5.56. The van der Waals surface area contributed by atoms with Crippen molar-refractivity contribution in [1.29, 1.82) is 0 Å². The Morgan fingerprint density at radius 2 is 1.72 bits per heavy atom. The van der Waals surface area contributed by atoms with Gasteiger partial charge in [0.1, 0.15) is 17.5 Å². The summed E-state index contributed by atoms with van der Waals surface area (Å²) >= 11 is 5.56. The summed E-state index contributed by atoms with van der Waals surface area (Å²) in [5.41, 5.74) is 1.63. The minimum absolute atomic E-state index is 0.0136. The minimum Gasteiger partial charge on any atom is -0.497 e. The standard InChI is InChI=1S/C24H29N3O4S/c1-4-14-31-20-12-8-18(9-13-20)25-22(28)15-21-23(29)26(5-2)24(32)27(21)16-17-6-10-19(30-3)11-7-17/h6-13,21H,4-5,14-16H2,1-3H3,(H,25,28)/t21-/m0/s1. The number of hydrogen-bond donors (Lipinski definition) is 1. The number of methoxy groups -OCH3 is 1. The van der Waals surface area contributed by atoms with Crippen molar-refractivity contribution in [3.05, 3.63) is 54.1 Å². The molecule has 2 amide bonds. The molecular weight excluding hydrogens is 426 g/mol. The predicted molar refractivity (Wildman–Crippen MR) is 128 cm³/mol. The first kappa shape index (κ1) is 23.5. The van der Waals surface area contributed by atoms with Gasteiger partial charge in [0, 0.05) is 18.8 Å². The van der Waals surface area contributed by atoms with Gasteiger partial charge in [0.05, 0.1) is 20.1 Å². The van der Waals surface area contributed by atoms with Gasteiger partial charge < -0.3 is 19.7 Å². The van der Waals surface area contributed by atoms with Gasteiger partial charge in [0.15, 0.2) is 5.11 Å². The minimum atomic E-state index is -0.642. The van der Waals surface area contributed by atoms with E-state index >= 15 is 0 Å². The third-order valence-electron chi connectivity index (χ3n) is 5.22. The van der Waals surface area contributed by atoms with Crippen LogP contribution < -0.4 is 14.8 Å². The van der Waals surface area contributed by atoms with Gasteiger partial charge in [-0.2, -0.15) is 0 Å². The molecule has 0 spiro atoms. The highest BCUT2D eigenvalue weighted by molar-refractivity contribution is 7.80. The molecule has 0 aliphatic carbocycles.